The van der Waals surface area contributed by atoms with E-state index in [2.05, 4.69) is 10.9 Å². The second-order valence-electron chi connectivity index (χ2n) is 6.95. The number of aromatic nitrogens is 1. The van der Waals surface area contributed by atoms with Gasteiger partial charge in [0.2, 0.25) is 0 Å². The first-order valence-corrected chi connectivity index (χ1v) is 11.0. The molecule has 3 aromatic rings. The summed E-state index contributed by atoms with van der Waals surface area (Å²) in [6, 6.07) is 12.5. The number of anilines is 1. The highest BCUT2D eigenvalue weighted by Gasteiger charge is 2.30. The molecule has 0 aliphatic rings. The molecule has 1 heterocycles. The van der Waals surface area contributed by atoms with Crippen molar-refractivity contribution in [2.24, 2.45) is 0 Å². The van der Waals surface area contributed by atoms with Gasteiger partial charge in [0, 0.05) is 17.6 Å². The molecule has 32 heavy (non-hydrogen) atoms. The normalized spacial score (nSPS) is 11.8. The van der Waals surface area contributed by atoms with E-state index >= 15 is 0 Å². The number of hydrogen-bond acceptors (Lipinski definition) is 5. The summed E-state index contributed by atoms with van der Waals surface area (Å²) in [5.41, 5.74) is 3.54. The van der Waals surface area contributed by atoms with Gasteiger partial charge >= 0.3 is 6.18 Å². The average molecular weight is 465 g/mol. The summed E-state index contributed by atoms with van der Waals surface area (Å²) in [4.78, 5) is 25.5. The van der Waals surface area contributed by atoms with E-state index in [1.165, 1.54) is 55.5 Å². The Morgan fingerprint density at radius 1 is 1.00 bits per heavy atom. The van der Waals surface area contributed by atoms with Crippen molar-refractivity contribution in [3.05, 3.63) is 87.8 Å². The molecule has 2 N–H and O–H groups in total. The number of amides is 1. The number of benzene rings is 2. The van der Waals surface area contributed by atoms with Gasteiger partial charge in [-0.2, -0.15) is 13.2 Å². The number of carbonyl (C=O) groups is 1. The zero-order valence-corrected chi connectivity index (χ0v) is 17.7. The molecule has 1 aromatic heterocycles. The minimum absolute atomic E-state index is 0.0266. The summed E-state index contributed by atoms with van der Waals surface area (Å²) < 4.78 is 63.2. The number of nitrogens with zero attached hydrogens (tertiary/aromatic N) is 1. The Hall–Kier alpha value is -3.60. The van der Waals surface area contributed by atoms with Gasteiger partial charge in [0.25, 0.3) is 11.5 Å². The number of nitrogens with one attached hydrogen (secondary N) is 2. The van der Waals surface area contributed by atoms with Crippen LogP contribution in [0.3, 0.4) is 0 Å². The Morgan fingerprint density at radius 2 is 1.66 bits per heavy atom. The summed E-state index contributed by atoms with van der Waals surface area (Å²) in [6.07, 6.45) is -3.52. The van der Waals surface area contributed by atoms with Crippen molar-refractivity contribution in [3.8, 4) is 5.69 Å². The Balaban J connectivity index is 1.87. The summed E-state index contributed by atoms with van der Waals surface area (Å²) in [5, 5.41) is 0. The minimum atomic E-state index is -4.58. The lowest BCUT2D eigenvalue weighted by molar-refractivity contribution is -0.137. The molecule has 168 valence electrons. The number of halogens is 3. The zero-order valence-electron chi connectivity index (χ0n) is 16.9. The van der Waals surface area contributed by atoms with E-state index in [0.717, 1.165) is 23.0 Å². The molecular formula is C21H18F3N3O4S. The maximum Gasteiger partial charge on any atom is 0.416 e. The average Bonchev–Trinajstić information content (AvgIpc) is 2.71. The number of sulfone groups is 1. The van der Waals surface area contributed by atoms with Crippen LogP contribution in [-0.4, -0.2) is 25.1 Å². The summed E-state index contributed by atoms with van der Waals surface area (Å²) in [6.45, 7) is 1.53. The van der Waals surface area contributed by atoms with E-state index in [9.17, 15) is 31.2 Å². The van der Waals surface area contributed by atoms with Crippen molar-refractivity contribution in [1.29, 1.82) is 0 Å². The number of aryl methyl sites for hydroxylation is 1. The van der Waals surface area contributed by atoms with Crippen LogP contribution in [0.15, 0.2) is 70.4 Å². The van der Waals surface area contributed by atoms with Crippen LogP contribution in [0.25, 0.3) is 5.69 Å². The highest BCUT2D eigenvalue weighted by molar-refractivity contribution is 7.90. The van der Waals surface area contributed by atoms with E-state index in [4.69, 9.17) is 0 Å². The standard InChI is InChI=1S/C21H18F3N3O4S/c1-13-6-11-18(19(28)26-25-15-7-9-17(10-8-15)32(2,30)31)20(29)27(13)16-5-3-4-14(12-16)21(22,23)24/h3-12,25H,1-2H3,(H,26,28). The van der Waals surface area contributed by atoms with Crippen LogP contribution in [0.2, 0.25) is 0 Å². The molecule has 0 fully saturated rings. The molecule has 0 aliphatic carbocycles. The predicted molar refractivity (Wildman–Crippen MR) is 112 cm³/mol. The van der Waals surface area contributed by atoms with Gasteiger partial charge < -0.3 is 0 Å². The van der Waals surface area contributed by atoms with Crippen molar-refractivity contribution < 1.29 is 26.4 Å². The molecule has 2 aromatic carbocycles. The fraction of sp³-hybridized carbons (Fsp3) is 0.143. The van der Waals surface area contributed by atoms with Crippen LogP contribution in [-0.2, 0) is 16.0 Å². The number of hydrogen-bond donors (Lipinski definition) is 2. The smallest absolute Gasteiger partial charge is 0.298 e. The highest BCUT2D eigenvalue weighted by Crippen LogP contribution is 2.30. The van der Waals surface area contributed by atoms with Crippen LogP contribution in [0.1, 0.15) is 21.6 Å². The van der Waals surface area contributed by atoms with Crippen LogP contribution < -0.4 is 16.4 Å². The van der Waals surface area contributed by atoms with Crippen molar-refractivity contribution in [2.45, 2.75) is 18.0 Å². The van der Waals surface area contributed by atoms with Crippen molar-refractivity contribution in [2.75, 3.05) is 11.7 Å². The van der Waals surface area contributed by atoms with Gasteiger partial charge in [0.05, 0.1) is 16.1 Å². The third-order valence-electron chi connectivity index (χ3n) is 4.56. The molecule has 0 bridgehead atoms. The zero-order chi connectivity index (χ0) is 23.7. The second-order valence-corrected chi connectivity index (χ2v) is 8.97. The number of hydrazine groups is 1. The molecule has 0 saturated carbocycles. The largest absolute Gasteiger partial charge is 0.416 e. The fourth-order valence-electron chi connectivity index (χ4n) is 2.93. The van der Waals surface area contributed by atoms with Gasteiger partial charge in [0.1, 0.15) is 5.56 Å². The molecule has 0 unspecified atom stereocenters. The monoisotopic (exact) mass is 465 g/mol. The predicted octanol–water partition coefficient (Wildman–Crippen LogP) is 3.33. The van der Waals surface area contributed by atoms with Gasteiger partial charge in [-0.25, -0.2) is 8.42 Å². The van der Waals surface area contributed by atoms with Gasteiger partial charge in [-0.15, -0.1) is 0 Å². The quantitative estimate of drug-likeness (QED) is 0.564. The van der Waals surface area contributed by atoms with E-state index in [-0.39, 0.29) is 16.1 Å². The topological polar surface area (TPSA) is 97.3 Å². The van der Waals surface area contributed by atoms with Gasteiger partial charge in [-0.3, -0.25) is 25.0 Å². The van der Waals surface area contributed by atoms with Crippen molar-refractivity contribution >= 4 is 21.4 Å². The molecular weight excluding hydrogens is 447 g/mol. The lowest BCUT2D eigenvalue weighted by Gasteiger charge is -2.15. The highest BCUT2D eigenvalue weighted by atomic mass is 32.2. The van der Waals surface area contributed by atoms with Gasteiger partial charge in [0.15, 0.2) is 9.84 Å². The summed E-state index contributed by atoms with van der Waals surface area (Å²) in [7, 11) is -3.38. The molecule has 0 aliphatic heterocycles. The van der Waals surface area contributed by atoms with E-state index < -0.39 is 33.0 Å². The Labute approximate surface area is 181 Å². The second kappa shape index (κ2) is 8.50. The maximum atomic E-state index is 13.1. The number of alkyl halides is 3. The Bertz CT molecular complexity index is 1330. The van der Waals surface area contributed by atoms with Crippen LogP contribution in [0, 0.1) is 6.92 Å². The molecule has 0 radical (unpaired) electrons. The Morgan fingerprint density at radius 3 is 2.25 bits per heavy atom. The van der Waals surface area contributed by atoms with Crippen molar-refractivity contribution in [1.82, 2.24) is 9.99 Å². The first kappa shape index (κ1) is 23.1. The van der Waals surface area contributed by atoms with E-state index in [1.54, 1.807) is 0 Å². The van der Waals surface area contributed by atoms with E-state index in [1.807, 2.05) is 0 Å². The summed E-state index contributed by atoms with van der Waals surface area (Å²) >= 11 is 0. The maximum absolute atomic E-state index is 13.1. The molecule has 3 rings (SSSR count). The SMILES string of the molecule is Cc1ccc(C(=O)NNc2ccc(S(C)(=O)=O)cc2)c(=O)n1-c1cccc(C(F)(F)F)c1. The molecule has 0 spiro atoms. The molecule has 11 heteroatoms. The van der Waals surface area contributed by atoms with Gasteiger partial charge in [-0.05, 0) is 61.5 Å². The van der Waals surface area contributed by atoms with Crippen LogP contribution in [0.5, 0.6) is 0 Å². The number of pyridine rings is 1. The third kappa shape index (κ3) is 4.99. The van der Waals surface area contributed by atoms with Crippen molar-refractivity contribution in [3.63, 3.8) is 0 Å². The number of rotatable bonds is 5. The molecule has 0 saturated heterocycles. The third-order valence-corrected chi connectivity index (χ3v) is 5.69. The van der Waals surface area contributed by atoms with Crippen LogP contribution in [0.4, 0.5) is 18.9 Å². The Kier molecular flexibility index (Phi) is 6.13. The number of carbonyl (C=O) groups excluding carboxylic acids is 1. The fourth-order valence-corrected chi connectivity index (χ4v) is 3.56. The molecule has 0 atom stereocenters. The first-order chi connectivity index (χ1) is 14.9. The first-order valence-electron chi connectivity index (χ1n) is 9.15. The lowest BCUT2D eigenvalue weighted by atomic mass is 10.1. The van der Waals surface area contributed by atoms with Gasteiger partial charge in [-0.1, -0.05) is 6.07 Å². The molecule has 7 nitrogen and oxygen atoms in total. The van der Waals surface area contributed by atoms with E-state index in [0.29, 0.717) is 11.4 Å². The molecule has 1 amide bonds. The summed E-state index contributed by atoms with van der Waals surface area (Å²) in [5.74, 6) is -0.817. The lowest BCUT2D eigenvalue weighted by Crippen LogP contribution is -2.36. The minimum Gasteiger partial charge on any atom is -0.298 e. The van der Waals surface area contributed by atoms with Crippen LogP contribution >= 0.6 is 0 Å².